The van der Waals surface area contributed by atoms with E-state index in [0.717, 1.165) is 27.3 Å². The van der Waals surface area contributed by atoms with Crippen LogP contribution < -0.4 is 9.47 Å². The van der Waals surface area contributed by atoms with E-state index < -0.39 is 0 Å². The van der Waals surface area contributed by atoms with Crippen LogP contribution in [0.4, 0.5) is 0 Å². The molecular weight excluding hydrogens is 362 g/mol. The van der Waals surface area contributed by atoms with Crippen LogP contribution in [-0.4, -0.2) is 18.1 Å². The fourth-order valence-electron chi connectivity index (χ4n) is 2.76. The van der Waals surface area contributed by atoms with Crippen molar-refractivity contribution >= 4 is 28.1 Å². The SMILES string of the molecule is COc1ccc2ccc(OC(=O)Cc3csc(-c4ccc(C)o4)n3)cc2c1. The van der Waals surface area contributed by atoms with Gasteiger partial charge in [-0.1, -0.05) is 12.1 Å². The molecule has 0 amide bonds. The fourth-order valence-corrected chi connectivity index (χ4v) is 3.54. The predicted octanol–water partition coefficient (Wildman–Crippen LogP) is 5.02. The number of carbonyl (C=O) groups is 1. The van der Waals surface area contributed by atoms with Crippen LogP contribution in [0.3, 0.4) is 0 Å². The van der Waals surface area contributed by atoms with Crippen LogP contribution >= 0.6 is 11.3 Å². The molecule has 0 aliphatic carbocycles. The van der Waals surface area contributed by atoms with Crippen molar-refractivity contribution in [2.75, 3.05) is 7.11 Å². The molecule has 2 aromatic carbocycles. The van der Waals surface area contributed by atoms with Gasteiger partial charge in [-0.15, -0.1) is 11.3 Å². The molecule has 5 nitrogen and oxygen atoms in total. The van der Waals surface area contributed by atoms with E-state index >= 15 is 0 Å². The largest absolute Gasteiger partial charge is 0.497 e. The van der Waals surface area contributed by atoms with Gasteiger partial charge in [0.15, 0.2) is 10.8 Å². The molecule has 0 aliphatic heterocycles. The Labute approximate surface area is 160 Å². The molecule has 0 spiro atoms. The van der Waals surface area contributed by atoms with Gasteiger partial charge >= 0.3 is 5.97 Å². The van der Waals surface area contributed by atoms with E-state index in [0.29, 0.717) is 17.2 Å². The minimum Gasteiger partial charge on any atom is -0.497 e. The van der Waals surface area contributed by atoms with Gasteiger partial charge < -0.3 is 13.9 Å². The molecule has 0 saturated heterocycles. The number of rotatable bonds is 5. The number of carbonyl (C=O) groups excluding carboxylic acids is 1. The first-order chi connectivity index (χ1) is 13.1. The summed E-state index contributed by atoms with van der Waals surface area (Å²) in [4.78, 5) is 16.7. The van der Waals surface area contributed by atoms with E-state index in [1.807, 2.05) is 54.8 Å². The second-order valence-corrected chi connectivity index (χ2v) is 6.94. The van der Waals surface area contributed by atoms with E-state index in [-0.39, 0.29) is 12.4 Å². The Kier molecular flexibility index (Phi) is 4.64. The first-order valence-electron chi connectivity index (χ1n) is 8.40. The number of thiazole rings is 1. The third-order valence-corrected chi connectivity index (χ3v) is 4.98. The zero-order valence-corrected chi connectivity index (χ0v) is 15.7. The second-order valence-electron chi connectivity index (χ2n) is 6.08. The lowest BCUT2D eigenvalue weighted by Crippen LogP contribution is -2.11. The Morgan fingerprint density at radius 3 is 2.59 bits per heavy atom. The zero-order valence-electron chi connectivity index (χ0n) is 14.9. The number of furan rings is 1. The summed E-state index contributed by atoms with van der Waals surface area (Å²) >= 11 is 1.44. The lowest BCUT2D eigenvalue weighted by atomic mass is 10.1. The molecule has 136 valence electrons. The molecule has 0 fully saturated rings. The van der Waals surface area contributed by atoms with Crippen LogP contribution in [0.2, 0.25) is 0 Å². The Balaban J connectivity index is 1.46. The summed E-state index contributed by atoms with van der Waals surface area (Å²) in [5, 5.41) is 4.60. The lowest BCUT2D eigenvalue weighted by molar-refractivity contribution is -0.133. The minimum absolute atomic E-state index is 0.104. The van der Waals surface area contributed by atoms with Crippen molar-refractivity contribution in [2.45, 2.75) is 13.3 Å². The van der Waals surface area contributed by atoms with Crippen LogP contribution in [0.25, 0.3) is 21.5 Å². The van der Waals surface area contributed by atoms with Crippen molar-refractivity contribution < 1.29 is 18.7 Å². The summed E-state index contributed by atoms with van der Waals surface area (Å²) in [6.45, 7) is 1.88. The van der Waals surface area contributed by atoms with Gasteiger partial charge in [-0.25, -0.2) is 4.98 Å². The smallest absolute Gasteiger partial charge is 0.317 e. The highest BCUT2D eigenvalue weighted by molar-refractivity contribution is 7.13. The van der Waals surface area contributed by atoms with Crippen LogP contribution in [0, 0.1) is 6.92 Å². The summed E-state index contributed by atoms with van der Waals surface area (Å²) in [5.74, 6) is 2.44. The Bertz CT molecular complexity index is 1110. The predicted molar refractivity (Wildman–Crippen MR) is 104 cm³/mol. The standard InChI is InChI=1S/C21H17NO4S/c1-13-3-8-19(25-13)21-22-16(12-27-21)11-20(23)26-18-7-5-14-4-6-17(24-2)9-15(14)10-18/h3-10,12H,11H2,1-2H3. The van der Waals surface area contributed by atoms with Gasteiger partial charge in [0.25, 0.3) is 0 Å². The van der Waals surface area contributed by atoms with Crippen LogP contribution in [0.15, 0.2) is 58.3 Å². The van der Waals surface area contributed by atoms with Gasteiger partial charge in [0.2, 0.25) is 0 Å². The molecule has 2 heterocycles. The molecule has 2 aromatic heterocycles. The number of aromatic nitrogens is 1. The molecule has 4 rings (SSSR count). The first-order valence-corrected chi connectivity index (χ1v) is 9.28. The maximum atomic E-state index is 12.3. The Hall–Kier alpha value is -3.12. The molecule has 0 radical (unpaired) electrons. The number of esters is 1. The highest BCUT2D eigenvalue weighted by Crippen LogP contribution is 2.27. The quantitative estimate of drug-likeness (QED) is 0.360. The highest BCUT2D eigenvalue weighted by Gasteiger charge is 2.13. The summed E-state index contributed by atoms with van der Waals surface area (Å²) in [7, 11) is 1.62. The maximum Gasteiger partial charge on any atom is 0.317 e. The Morgan fingerprint density at radius 1 is 1.07 bits per heavy atom. The second kappa shape index (κ2) is 7.25. The summed E-state index contributed by atoms with van der Waals surface area (Å²) < 4.78 is 16.3. The number of aryl methyl sites for hydroxylation is 1. The highest BCUT2D eigenvalue weighted by atomic mass is 32.1. The molecule has 0 N–H and O–H groups in total. The molecule has 4 aromatic rings. The van der Waals surface area contributed by atoms with E-state index in [1.54, 1.807) is 13.2 Å². The van der Waals surface area contributed by atoms with E-state index in [1.165, 1.54) is 11.3 Å². The van der Waals surface area contributed by atoms with Gasteiger partial charge in [0, 0.05) is 5.38 Å². The number of benzene rings is 2. The summed E-state index contributed by atoms with van der Waals surface area (Å²) in [6, 6.07) is 15.1. The molecule has 27 heavy (non-hydrogen) atoms. The average Bonchev–Trinajstić information content (AvgIpc) is 3.29. The normalized spacial score (nSPS) is 10.9. The number of methoxy groups -OCH3 is 1. The molecule has 0 bridgehead atoms. The van der Waals surface area contributed by atoms with Gasteiger partial charge in [-0.05, 0) is 54.1 Å². The van der Waals surface area contributed by atoms with Crippen LogP contribution in [-0.2, 0) is 11.2 Å². The van der Waals surface area contributed by atoms with Crippen LogP contribution in [0.1, 0.15) is 11.5 Å². The third kappa shape index (κ3) is 3.85. The van der Waals surface area contributed by atoms with Crippen molar-refractivity contribution in [3.63, 3.8) is 0 Å². The first kappa shape index (κ1) is 17.3. The van der Waals surface area contributed by atoms with Crippen molar-refractivity contribution in [3.8, 4) is 22.3 Å². The van der Waals surface area contributed by atoms with Gasteiger partial charge in [0.05, 0.1) is 19.2 Å². The van der Waals surface area contributed by atoms with E-state index in [4.69, 9.17) is 13.9 Å². The molecule has 0 unspecified atom stereocenters. The number of hydrogen-bond acceptors (Lipinski definition) is 6. The van der Waals surface area contributed by atoms with Gasteiger partial charge in [-0.3, -0.25) is 4.79 Å². The molecule has 0 atom stereocenters. The molecule has 0 aliphatic rings. The minimum atomic E-state index is -0.357. The summed E-state index contributed by atoms with van der Waals surface area (Å²) in [6.07, 6.45) is 0.104. The van der Waals surface area contributed by atoms with Crippen molar-refractivity contribution in [1.82, 2.24) is 4.98 Å². The summed E-state index contributed by atoms with van der Waals surface area (Å²) in [5.41, 5.74) is 0.663. The van der Waals surface area contributed by atoms with Crippen molar-refractivity contribution in [3.05, 3.63) is 65.4 Å². The van der Waals surface area contributed by atoms with Gasteiger partial charge in [0.1, 0.15) is 17.3 Å². The van der Waals surface area contributed by atoms with E-state index in [2.05, 4.69) is 4.98 Å². The van der Waals surface area contributed by atoms with Crippen molar-refractivity contribution in [2.24, 2.45) is 0 Å². The van der Waals surface area contributed by atoms with Gasteiger partial charge in [-0.2, -0.15) is 0 Å². The van der Waals surface area contributed by atoms with Crippen LogP contribution in [0.5, 0.6) is 11.5 Å². The third-order valence-electron chi connectivity index (χ3n) is 4.08. The molecule has 0 saturated carbocycles. The topological polar surface area (TPSA) is 61.6 Å². The fraction of sp³-hybridized carbons (Fsp3) is 0.143. The van der Waals surface area contributed by atoms with Crippen molar-refractivity contribution in [1.29, 1.82) is 0 Å². The Morgan fingerprint density at radius 2 is 1.85 bits per heavy atom. The monoisotopic (exact) mass is 379 g/mol. The molecule has 6 heteroatoms. The number of nitrogens with zero attached hydrogens (tertiary/aromatic N) is 1. The maximum absolute atomic E-state index is 12.3. The lowest BCUT2D eigenvalue weighted by Gasteiger charge is -2.06. The average molecular weight is 379 g/mol. The number of hydrogen-bond donors (Lipinski definition) is 0. The molecular formula is C21H17NO4S. The number of ether oxygens (including phenoxy) is 2. The van der Waals surface area contributed by atoms with E-state index in [9.17, 15) is 4.79 Å². The number of fused-ring (bicyclic) bond motifs is 1. The zero-order chi connectivity index (χ0) is 18.8.